The minimum Gasteiger partial charge on any atom is -0.381 e. The van der Waals surface area contributed by atoms with Crippen molar-refractivity contribution in [1.29, 1.82) is 0 Å². The Labute approximate surface area is 183 Å². The Bertz CT molecular complexity index is 1200. The second-order valence-electron chi connectivity index (χ2n) is 8.16. The Kier molecular flexibility index (Phi) is 5.94. The highest BCUT2D eigenvalue weighted by Gasteiger charge is 2.33. The molecule has 1 saturated heterocycles. The minimum atomic E-state index is -4.42. The lowest BCUT2D eigenvalue weighted by molar-refractivity contribution is -0.138. The van der Waals surface area contributed by atoms with E-state index in [1.807, 2.05) is 0 Å². The van der Waals surface area contributed by atoms with Crippen LogP contribution in [0.3, 0.4) is 0 Å². The molecule has 1 fully saturated rings. The number of ether oxygens (including phenoxy) is 1. The number of alkyl halides is 3. The molecule has 3 heterocycles. The Balaban J connectivity index is 1.75. The maximum atomic E-state index is 13.4. The number of fused-ring (bicyclic) bond motifs is 1. The molecule has 0 radical (unpaired) electrons. The molecule has 1 aromatic carbocycles. The van der Waals surface area contributed by atoms with Gasteiger partial charge in [-0.1, -0.05) is 12.1 Å². The highest BCUT2D eigenvalue weighted by atomic mass is 19.4. The van der Waals surface area contributed by atoms with E-state index in [4.69, 9.17) is 4.74 Å². The van der Waals surface area contributed by atoms with Crippen LogP contribution in [0.2, 0.25) is 0 Å². The van der Waals surface area contributed by atoms with Crippen molar-refractivity contribution in [1.82, 2.24) is 14.5 Å². The third-order valence-electron chi connectivity index (χ3n) is 5.95. The smallest absolute Gasteiger partial charge is 0.381 e. The van der Waals surface area contributed by atoms with Gasteiger partial charge in [-0.25, -0.2) is 9.97 Å². The highest BCUT2D eigenvalue weighted by molar-refractivity contribution is 5.88. The number of anilines is 1. The molecule has 0 amide bonds. The number of nitrogens with one attached hydrogen (secondary N) is 1. The van der Waals surface area contributed by atoms with Gasteiger partial charge in [0.25, 0.3) is 5.56 Å². The largest absolute Gasteiger partial charge is 0.416 e. The standard InChI is InChI=1S/C23H25F3N4O2/c1-13-17(5-4-6-19(13)23(24,25)26)14(2)27-22-18-12-30(16-7-9-32-10-8-16)21(31)11-20(18)28-15(3)29-22/h4-6,11-12,14,16H,7-10H2,1-3H3,(H,27,28,29). The molecular weight excluding hydrogens is 421 g/mol. The summed E-state index contributed by atoms with van der Waals surface area (Å²) in [6.45, 7) is 6.17. The molecule has 3 aromatic rings. The van der Waals surface area contributed by atoms with E-state index in [9.17, 15) is 18.0 Å². The third kappa shape index (κ3) is 4.34. The van der Waals surface area contributed by atoms with Crippen molar-refractivity contribution >= 4 is 16.7 Å². The summed E-state index contributed by atoms with van der Waals surface area (Å²) in [6, 6.07) is 5.25. The Morgan fingerprint density at radius 2 is 1.91 bits per heavy atom. The van der Waals surface area contributed by atoms with E-state index in [1.54, 1.807) is 30.7 Å². The molecule has 2 aromatic heterocycles. The zero-order chi connectivity index (χ0) is 23.0. The maximum Gasteiger partial charge on any atom is 0.416 e. The van der Waals surface area contributed by atoms with Gasteiger partial charge in [0.2, 0.25) is 0 Å². The van der Waals surface area contributed by atoms with Crippen LogP contribution < -0.4 is 10.9 Å². The van der Waals surface area contributed by atoms with E-state index in [-0.39, 0.29) is 17.2 Å². The molecule has 1 unspecified atom stereocenters. The summed E-state index contributed by atoms with van der Waals surface area (Å²) >= 11 is 0. The molecule has 0 bridgehead atoms. The fourth-order valence-electron chi connectivity index (χ4n) is 4.31. The van der Waals surface area contributed by atoms with Gasteiger partial charge in [0, 0.05) is 31.5 Å². The molecule has 1 aliphatic heterocycles. The second kappa shape index (κ2) is 8.54. The van der Waals surface area contributed by atoms with Gasteiger partial charge in [-0.2, -0.15) is 13.2 Å². The third-order valence-corrected chi connectivity index (χ3v) is 5.95. The van der Waals surface area contributed by atoms with E-state index < -0.39 is 17.8 Å². The van der Waals surface area contributed by atoms with Gasteiger partial charge in [-0.05, 0) is 50.8 Å². The van der Waals surface area contributed by atoms with Gasteiger partial charge in [-0.15, -0.1) is 0 Å². The topological polar surface area (TPSA) is 69.0 Å². The number of pyridine rings is 1. The molecule has 0 saturated carbocycles. The summed E-state index contributed by atoms with van der Waals surface area (Å²) in [4.78, 5) is 21.6. The van der Waals surface area contributed by atoms with Crippen molar-refractivity contribution in [2.75, 3.05) is 18.5 Å². The van der Waals surface area contributed by atoms with Crippen LogP contribution in [0, 0.1) is 13.8 Å². The van der Waals surface area contributed by atoms with Crippen molar-refractivity contribution in [3.8, 4) is 0 Å². The Morgan fingerprint density at radius 3 is 2.59 bits per heavy atom. The predicted octanol–water partition coefficient (Wildman–Crippen LogP) is 4.95. The summed E-state index contributed by atoms with van der Waals surface area (Å²) in [7, 11) is 0. The van der Waals surface area contributed by atoms with Crippen molar-refractivity contribution in [2.24, 2.45) is 0 Å². The number of aromatic nitrogens is 3. The van der Waals surface area contributed by atoms with Gasteiger partial charge >= 0.3 is 6.18 Å². The summed E-state index contributed by atoms with van der Waals surface area (Å²) in [5.41, 5.74) is 0.411. The van der Waals surface area contributed by atoms with Crippen molar-refractivity contribution in [3.05, 3.63) is 63.3 Å². The molecule has 170 valence electrons. The first-order valence-corrected chi connectivity index (χ1v) is 10.6. The first-order valence-electron chi connectivity index (χ1n) is 10.6. The number of nitrogens with zero attached hydrogens (tertiary/aromatic N) is 3. The molecule has 6 nitrogen and oxygen atoms in total. The zero-order valence-corrected chi connectivity index (χ0v) is 18.2. The molecular formula is C23H25F3N4O2. The van der Waals surface area contributed by atoms with Crippen molar-refractivity contribution in [2.45, 2.75) is 51.9 Å². The quantitative estimate of drug-likeness (QED) is 0.614. The van der Waals surface area contributed by atoms with Crippen molar-refractivity contribution < 1.29 is 17.9 Å². The van der Waals surface area contributed by atoms with Crippen LogP contribution in [0.5, 0.6) is 0 Å². The van der Waals surface area contributed by atoms with E-state index in [0.717, 1.165) is 18.9 Å². The molecule has 32 heavy (non-hydrogen) atoms. The number of aryl methyl sites for hydroxylation is 1. The fraction of sp³-hybridized carbons (Fsp3) is 0.435. The summed E-state index contributed by atoms with van der Waals surface area (Å²) in [5.74, 6) is 0.953. The van der Waals surface area contributed by atoms with Gasteiger partial charge in [-0.3, -0.25) is 4.79 Å². The van der Waals surface area contributed by atoms with E-state index in [2.05, 4.69) is 15.3 Å². The Morgan fingerprint density at radius 1 is 1.19 bits per heavy atom. The monoisotopic (exact) mass is 446 g/mol. The summed E-state index contributed by atoms with van der Waals surface area (Å²) < 4.78 is 47.2. The predicted molar refractivity (Wildman–Crippen MR) is 116 cm³/mol. The van der Waals surface area contributed by atoms with Gasteiger partial charge in [0.05, 0.1) is 22.5 Å². The minimum absolute atomic E-state index is 0.0259. The van der Waals surface area contributed by atoms with Gasteiger partial charge < -0.3 is 14.6 Å². The molecule has 1 N–H and O–H groups in total. The molecule has 9 heteroatoms. The van der Waals surface area contributed by atoms with Gasteiger partial charge in [0.15, 0.2) is 0 Å². The van der Waals surface area contributed by atoms with Crippen LogP contribution in [0.15, 0.2) is 35.3 Å². The number of hydrogen-bond acceptors (Lipinski definition) is 5. The number of hydrogen-bond donors (Lipinski definition) is 1. The lowest BCUT2D eigenvalue weighted by Gasteiger charge is -2.25. The Hall–Kier alpha value is -2.94. The molecule has 1 atom stereocenters. The summed E-state index contributed by atoms with van der Waals surface area (Å²) in [5, 5.41) is 3.90. The molecule has 0 spiro atoms. The van der Waals surface area contributed by atoms with Gasteiger partial charge in [0.1, 0.15) is 11.6 Å². The van der Waals surface area contributed by atoms with E-state index in [1.165, 1.54) is 19.1 Å². The zero-order valence-electron chi connectivity index (χ0n) is 18.2. The fourth-order valence-corrected chi connectivity index (χ4v) is 4.31. The van der Waals surface area contributed by atoms with Crippen LogP contribution in [0.1, 0.15) is 54.4 Å². The normalized spacial score (nSPS) is 16.3. The van der Waals surface area contributed by atoms with Crippen LogP contribution >= 0.6 is 0 Å². The van der Waals surface area contributed by atoms with Crippen LogP contribution in [0.4, 0.5) is 19.0 Å². The molecule has 4 rings (SSSR count). The van der Waals surface area contributed by atoms with Crippen molar-refractivity contribution in [3.63, 3.8) is 0 Å². The lowest BCUT2D eigenvalue weighted by atomic mass is 9.97. The van der Waals surface area contributed by atoms with Crippen LogP contribution in [-0.2, 0) is 10.9 Å². The molecule has 0 aliphatic carbocycles. The maximum absolute atomic E-state index is 13.4. The van der Waals surface area contributed by atoms with Crippen LogP contribution in [0.25, 0.3) is 10.9 Å². The number of rotatable bonds is 4. The summed E-state index contributed by atoms with van der Waals surface area (Å²) in [6.07, 6.45) is -1.19. The average molecular weight is 446 g/mol. The average Bonchev–Trinajstić information content (AvgIpc) is 2.73. The molecule has 1 aliphatic rings. The van der Waals surface area contributed by atoms with E-state index in [0.29, 0.717) is 41.3 Å². The van der Waals surface area contributed by atoms with Crippen LogP contribution in [-0.4, -0.2) is 27.7 Å². The first-order chi connectivity index (χ1) is 15.1. The SMILES string of the molecule is Cc1nc(NC(C)c2cccc(C(F)(F)F)c2C)c2cn(C3CCOCC3)c(=O)cc2n1. The second-order valence-corrected chi connectivity index (χ2v) is 8.16. The number of halogens is 3. The number of benzene rings is 1. The highest BCUT2D eigenvalue weighted by Crippen LogP contribution is 2.35. The first kappa shape index (κ1) is 22.3. The lowest BCUT2D eigenvalue weighted by Crippen LogP contribution is -2.28. The van der Waals surface area contributed by atoms with E-state index >= 15 is 0 Å².